The molecule has 0 aliphatic rings. The van der Waals surface area contributed by atoms with Crippen LogP contribution >= 0.6 is 11.6 Å². The number of alkyl halides is 1. The van der Waals surface area contributed by atoms with E-state index in [4.69, 9.17) is 11.6 Å². The summed E-state index contributed by atoms with van der Waals surface area (Å²) in [7, 11) is 1.88. The van der Waals surface area contributed by atoms with Gasteiger partial charge in [0, 0.05) is 25.5 Å². The first-order valence-electron chi connectivity index (χ1n) is 4.46. The summed E-state index contributed by atoms with van der Waals surface area (Å²) in [5.41, 5.74) is 0.787. The van der Waals surface area contributed by atoms with E-state index in [2.05, 4.69) is 0 Å². The standard InChI is InChI=1S/C10H14ClNO/c1-12-8-4-5-9(12)10(13)6-2-3-7-11/h4-5,8H,2-3,6-7H2,1H3. The molecule has 0 fully saturated rings. The van der Waals surface area contributed by atoms with E-state index < -0.39 is 0 Å². The number of carbonyl (C=O) groups excluding carboxylic acids is 1. The summed E-state index contributed by atoms with van der Waals surface area (Å²) in [4.78, 5) is 11.5. The molecular formula is C10H14ClNO. The maximum absolute atomic E-state index is 11.5. The molecule has 0 bridgehead atoms. The molecule has 72 valence electrons. The Labute approximate surface area is 83.5 Å². The van der Waals surface area contributed by atoms with Crippen LogP contribution in [-0.4, -0.2) is 16.2 Å². The Morgan fingerprint density at radius 1 is 1.54 bits per heavy atom. The molecule has 13 heavy (non-hydrogen) atoms. The molecule has 1 aromatic heterocycles. The summed E-state index contributed by atoms with van der Waals surface area (Å²) in [5, 5.41) is 0. The van der Waals surface area contributed by atoms with Crippen LogP contribution in [0, 0.1) is 0 Å². The van der Waals surface area contributed by atoms with Crippen LogP contribution in [0.2, 0.25) is 0 Å². The number of hydrogen-bond acceptors (Lipinski definition) is 1. The molecule has 1 aromatic rings. The van der Waals surface area contributed by atoms with E-state index in [9.17, 15) is 4.79 Å². The molecule has 0 unspecified atom stereocenters. The van der Waals surface area contributed by atoms with Gasteiger partial charge in [-0.25, -0.2) is 0 Å². The van der Waals surface area contributed by atoms with Crippen molar-refractivity contribution < 1.29 is 4.79 Å². The van der Waals surface area contributed by atoms with Gasteiger partial charge in [-0.15, -0.1) is 11.6 Å². The number of rotatable bonds is 5. The summed E-state index contributed by atoms with van der Waals surface area (Å²) in [5.74, 6) is 0.845. The maximum Gasteiger partial charge on any atom is 0.179 e. The monoisotopic (exact) mass is 199 g/mol. The number of aryl methyl sites for hydroxylation is 1. The largest absolute Gasteiger partial charge is 0.348 e. The molecule has 0 N–H and O–H groups in total. The van der Waals surface area contributed by atoms with Gasteiger partial charge in [-0.2, -0.15) is 0 Å². The van der Waals surface area contributed by atoms with Crippen molar-refractivity contribution in [1.29, 1.82) is 0 Å². The molecule has 1 rings (SSSR count). The van der Waals surface area contributed by atoms with Gasteiger partial charge in [0.25, 0.3) is 0 Å². The van der Waals surface area contributed by atoms with Gasteiger partial charge < -0.3 is 4.57 Å². The zero-order valence-corrected chi connectivity index (χ0v) is 8.55. The van der Waals surface area contributed by atoms with Crippen molar-refractivity contribution in [2.24, 2.45) is 7.05 Å². The molecule has 1 heterocycles. The Morgan fingerprint density at radius 3 is 2.85 bits per heavy atom. The van der Waals surface area contributed by atoms with E-state index in [-0.39, 0.29) is 5.78 Å². The Hall–Kier alpha value is -0.760. The first kappa shape index (κ1) is 10.3. The smallest absolute Gasteiger partial charge is 0.179 e. The minimum atomic E-state index is 0.206. The first-order valence-corrected chi connectivity index (χ1v) is 4.99. The number of Topliss-reactive ketones (excluding diaryl/α,β-unsaturated/α-hetero) is 1. The average Bonchev–Trinajstić information content (AvgIpc) is 2.52. The predicted molar refractivity (Wildman–Crippen MR) is 54.3 cm³/mol. The second-order valence-corrected chi connectivity index (χ2v) is 3.45. The lowest BCUT2D eigenvalue weighted by Gasteiger charge is -2.01. The average molecular weight is 200 g/mol. The number of halogens is 1. The van der Waals surface area contributed by atoms with Crippen molar-refractivity contribution in [3.63, 3.8) is 0 Å². The molecule has 0 aliphatic carbocycles. The third kappa shape index (κ3) is 2.88. The van der Waals surface area contributed by atoms with Crippen LogP contribution in [0.5, 0.6) is 0 Å². The van der Waals surface area contributed by atoms with Gasteiger partial charge in [0.2, 0.25) is 0 Å². The molecule has 0 aliphatic heterocycles. The van der Waals surface area contributed by atoms with Crippen LogP contribution in [-0.2, 0) is 7.05 Å². The van der Waals surface area contributed by atoms with Crippen LogP contribution in [0.1, 0.15) is 29.8 Å². The summed E-state index contributed by atoms with van der Waals surface area (Å²) < 4.78 is 1.85. The Balaban J connectivity index is 2.45. The zero-order chi connectivity index (χ0) is 9.68. The topological polar surface area (TPSA) is 22.0 Å². The highest BCUT2D eigenvalue weighted by Gasteiger charge is 2.07. The molecule has 0 saturated carbocycles. The number of ketones is 1. The van der Waals surface area contributed by atoms with Gasteiger partial charge in [0.1, 0.15) is 0 Å². The molecule has 0 atom stereocenters. The van der Waals surface area contributed by atoms with Crippen molar-refractivity contribution in [3.05, 3.63) is 24.0 Å². The Kier molecular flexibility index (Phi) is 4.03. The van der Waals surface area contributed by atoms with Crippen LogP contribution in [0.3, 0.4) is 0 Å². The number of hydrogen-bond donors (Lipinski definition) is 0. The fraction of sp³-hybridized carbons (Fsp3) is 0.500. The first-order chi connectivity index (χ1) is 6.25. The number of nitrogens with zero attached hydrogens (tertiary/aromatic N) is 1. The van der Waals surface area contributed by atoms with E-state index in [1.165, 1.54) is 0 Å². The molecule has 0 radical (unpaired) electrons. The molecular weight excluding hydrogens is 186 g/mol. The van der Waals surface area contributed by atoms with E-state index in [1.807, 2.05) is 29.9 Å². The van der Waals surface area contributed by atoms with Crippen LogP contribution in [0.25, 0.3) is 0 Å². The third-order valence-electron chi connectivity index (χ3n) is 2.02. The SMILES string of the molecule is Cn1cccc1C(=O)CCCCCl. The fourth-order valence-electron chi connectivity index (χ4n) is 1.26. The summed E-state index contributed by atoms with van der Waals surface area (Å²) >= 11 is 5.52. The van der Waals surface area contributed by atoms with Crippen molar-refractivity contribution in [2.45, 2.75) is 19.3 Å². The Bertz CT molecular complexity index is 280. The summed E-state index contributed by atoms with van der Waals surface area (Å²) in [6.07, 6.45) is 4.28. The highest BCUT2D eigenvalue weighted by Crippen LogP contribution is 2.07. The normalized spacial score (nSPS) is 10.3. The van der Waals surface area contributed by atoms with Gasteiger partial charge in [0.15, 0.2) is 5.78 Å². The van der Waals surface area contributed by atoms with Crippen LogP contribution in [0.15, 0.2) is 18.3 Å². The fourth-order valence-corrected chi connectivity index (χ4v) is 1.45. The number of aromatic nitrogens is 1. The minimum absolute atomic E-state index is 0.206. The minimum Gasteiger partial charge on any atom is -0.348 e. The van der Waals surface area contributed by atoms with Crippen molar-refractivity contribution in [3.8, 4) is 0 Å². The van der Waals surface area contributed by atoms with Crippen molar-refractivity contribution >= 4 is 17.4 Å². The van der Waals surface area contributed by atoms with E-state index in [0.29, 0.717) is 12.3 Å². The second kappa shape index (κ2) is 5.07. The van der Waals surface area contributed by atoms with Gasteiger partial charge >= 0.3 is 0 Å². The molecule has 0 aromatic carbocycles. The lowest BCUT2D eigenvalue weighted by atomic mass is 10.1. The molecule has 3 heteroatoms. The van der Waals surface area contributed by atoms with E-state index in [1.54, 1.807) is 0 Å². The summed E-state index contributed by atoms with van der Waals surface area (Å²) in [6.45, 7) is 0. The molecule has 0 amide bonds. The quantitative estimate of drug-likeness (QED) is 0.406. The van der Waals surface area contributed by atoms with Gasteiger partial charge in [-0.1, -0.05) is 0 Å². The lowest BCUT2D eigenvalue weighted by molar-refractivity contribution is 0.0972. The van der Waals surface area contributed by atoms with Crippen LogP contribution < -0.4 is 0 Å². The van der Waals surface area contributed by atoms with Crippen molar-refractivity contribution in [1.82, 2.24) is 4.57 Å². The molecule has 2 nitrogen and oxygen atoms in total. The van der Waals surface area contributed by atoms with Crippen LogP contribution in [0.4, 0.5) is 0 Å². The highest BCUT2D eigenvalue weighted by atomic mass is 35.5. The number of carbonyl (C=O) groups is 1. The zero-order valence-electron chi connectivity index (χ0n) is 7.79. The lowest BCUT2D eigenvalue weighted by Crippen LogP contribution is -2.04. The van der Waals surface area contributed by atoms with Gasteiger partial charge in [-0.3, -0.25) is 4.79 Å². The van der Waals surface area contributed by atoms with Gasteiger partial charge in [0.05, 0.1) is 5.69 Å². The Morgan fingerprint density at radius 2 is 2.31 bits per heavy atom. The van der Waals surface area contributed by atoms with Gasteiger partial charge in [-0.05, 0) is 25.0 Å². The van der Waals surface area contributed by atoms with E-state index in [0.717, 1.165) is 18.5 Å². The van der Waals surface area contributed by atoms with E-state index >= 15 is 0 Å². The summed E-state index contributed by atoms with van der Waals surface area (Å²) in [6, 6.07) is 3.73. The highest BCUT2D eigenvalue weighted by molar-refractivity contribution is 6.17. The van der Waals surface area contributed by atoms with Crippen molar-refractivity contribution in [2.75, 3.05) is 5.88 Å². The predicted octanol–water partition coefficient (Wildman–Crippen LogP) is 2.62. The molecule has 0 spiro atoms. The third-order valence-corrected chi connectivity index (χ3v) is 2.28. The second-order valence-electron chi connectivity index (χ2n) is 3.07. The number of unbranched alkanes of at least 4 members (excludes halogenated alkanes) is 1. The molecule has 0 saturated heterocycles. The maximum atomic E-state index is 11.5.